The summed E-state index contributed by atoms with van der Waals surface area (Å²) in [6, 6.07) is 5.18. The molecule has 0 spiro atoms. The summed E-state index contributed by atoms with van der Waals surface area (Å²) in [6.07, 6.45) is -3.34. The molecule has 0 unspecified atom stereocenters. The molecule has 1 aromatic carbocycles. The number of rotatable bonds is 4. The van der Waals surface area contributed by atoms with Gasteiger partial charge in [-0.1, -0.05) is 29.0 Å². The molecule has 0 fully saturated rings. The van der Waals surface area contributed by atoms with Crippen molar-refractivity contribution in [3.8, 4) is 5.69 Å². The third kappa shape index (κ3) is 4.10. The van der Waals surface area contributed by atoms with E-state index in [1.165, 1.54) is 24.4 Å². The zero-order valence-corrected chi connectivity index (χ0v) is 14.7. The lowest BCUT2D eigenvalue weighted by atomic mass is 10.2. The van der Waals surface area contributed by atoms with Gasteiger partial charge in [0.15, 0.2) is 0 Å². The Balaban J connectivity index is 2.64. The Labute approximate surface area is 150 Å². The van der Waals surface area contributed by atoms with Gasteiger partial charge in [-0.25, -0.2) is 4.79 Å². The van der Waals surface area contributed by atoms with Crippen LogP contribution in [0.5, 0.6) is 0 Å². The van der Waals surface area contributed by atoms with Gasteiger partial charge >= 0.3 is 11.9 Å². The first-order chi connectivity index (χ1) is 11.7. The SMILES string of the molecule is CCO/N=C/c1cc(-n2c(=S)cc(C(F)(F)F)n(C)c2=O)ccc1Cl. The van der Waals surface area contributed by atoms with Crippen molar-refractivity contribution in [3.05, 3.63) is 55.7 Å². The summed E-state index contributed by atoms with van der Waals surface area (Å²) in [5.74, 6) is 0. The van der Waals surface area contributed by atoms with Gasteiger partial charge in [0, 0.05) is 23.7 Å². The molecule has 5 nitrogen and oxygen atoms in total. The second kappa shape index (κ2) is 7.40. The van der Waals surface area contributed by atoms with Crippen molar-refractivity contribution < 1.29 is 18.0 Å². The number of nitrogens with zero attached hydrogens (tertiary/aromatic N) is 3. The Morgan fingerprint density at radius 3 is 2.64 bits per heavy atom. The van der Waals surface area contributed by atoms with Crippen LogP contribution in [0, 0.1) is 4.64 Å². The molecule has 0 amide bonds. The van der Waals surface area contributed by atoms with Crippen molar-refractivity contribution in [1.82, 2.24) is 9.13 Å². The molecule has 2 aromatic rings. The minimum atomic E-state index is -4.68. The molecular weight excluding hydrogens is 379 g/mol. The number of hydrogen-bond donors (Lipinski definition) is 0. The molecule has 2 rings (SSSR count). The molecule has 10 heteroatoms. The molecule has 0 saturated heterocycles. The minimum Gasteiger partial charge on any atom is -0.396 e. The molecule has 0 atom stereocenters. The number of benzene rings is 1. The van der Waals surface area contributed by atoms with E-state index >= 15 is 0 Å². The van der Waals surface area contributed by atoms with Gasteiger partial charge in [0.1, 0.15) is 16.9 Å². The quantitative estimate of drug-likeness (QED) is 0.450. The number of halogens is 4. The van der Waals surface area contributed by atoms with Crippen LogP contribution in [-0.4, -0.2) is 22.0 Å². The fraction of sp³-hybridized carbons (Fsp3) is 0.267. The molecule has 0 N–H and O–H groups in total. The molecule has 0 radical (unpaired) electrons. The summed E-state index contributed by atoms with van der Waals surface area (Å²) >= 11 is 11.0. The largest absolute Gasteiger partial charge is 0.431 e. The van der Waals surface area contributed by atoms with Crippen LogP contribution in [0.15, 0.2) is 34.2 Å². The van der Waals surface area contributed by atoms with Gasteiger partial charge in [-0.05, 0) is 25.1 Å². The molecule has 0 aliphatic rings. The van der Waals surface area contributed by atoms with Crippen molar-refractivity contribution in [2.75, 3.05) is 6.61 Å². The lowest BCUT2D eigenvalue weighted by Gasteiger charge is -2.15. The van der Waals surface area contributed by atoms with E-state index in [1.807, 2.05) is 0 Å². The fourth-order valence-electron chi connectivity index (χ4n) is 2.07. The van der Waals surface area contributed by atoms with E-state index in [1.54, 1.807) is 6.92 Å². The third-order valence-electron chi connectivity index (χ3n) is 3.24. The average molecular weight is 392 g/mol. The predicted molar refractivity (Wildman–Crippen MR) is 91.1 cm³/mol. The van der Waals surface area contributed by atoms with Crippen LogP contribution >= 0.6 is 23.8 Å². The number of hydrogen-bond acceptors (Lipinski definition) is 4. The zero-order valence-electron chi connectivity index (χ0n) is 13.2. The maximum Gasteiger partial charge on any atom is 0.431 e. The normalized spacial score (nSPS) is 11.9. The maximum absolute atomic E-state index is 13.0. The van der Waals surface area contributed by atoms with E-state index in [9.17, 15) is 18.0 Å². The van der Waals surface area contributed by atoms with Crippen LogP contribution in [0.3, 0.4) is 0 Å². The van der Waals surface area contributed by atoms with Crippen molar-refractivity contribution in [2.24, 2.45) is 12.2 Å². The highest BCUT2D eigenvalue weighted by Gasteiger charge is 2.34. The van der Waals surface area contributed by atoms with Crippen LogP contribution in [0.1, 0.15) is 18.2 Å². The number of oxime groups is 1. The molecule has 25 heavy (non-hydrogen) atoms. The van der Waals surface area contributed by atoms with Crippen LogP contribution in [0.25, 0.3) is 5.69 Å². The first-order valence-corrected chi connectivity index (χ1v) is 7.81. The van der Waals surface area contributed by atoms with E-state index in [0.29, 0.717) is 21.8 Å². The number of aromatic nitrogens is 2. The Morgan fingerprint density at radius 2 is 2.04 bits per heavy atom. The molecule has 0 aliphatic carbocycles. The van der Waals surface area contributed by atoms with Gasteiger partial charge in [-0.3, -0.25) is 9.13 Å². The van der Waals surface area contributed by atoms with Crippen LogP contribution < -0.4 is 5.69 Å². The predicted octanol–water partition coefficient (Wildman–Crippen LogP) is 3.95. The van der Waals surface area contributed by atoms with E-state index in [2.05, 4.69) is 5.16 Å². The second-order valence-electron chi connectivity index (χ2n) is 4.90. The molecule has 1 heterocycles. The van der Waals surface area contributed by atoms with Gasteiger partial charge in [0.25, 0.3) is 0 Å². The first kappa shape index (κ1) is 19.2. The topological polar surface area (TPSA) is 48.5 Å². The average Bonchev–Trinajstić information content (AvgIpc) is 2.53. The van der Waals surface area contributed by atoms with E-state index in [0.717, 1.165) is 17.7 Å². The highest BCUT2D eigenvalue weighted by Crippen LogP contribution is 2.28. The van der Waals surface area contributed by atoms with Crippen LogP contribution in [-0.2, 0) is 18.1 Å². The maximum atomic E-state index is 13.0. The lowest BCUT2D eigenvalue weighted by molar-refractivity contribution is -0.144. The van der Waals surface area contributed by atoms with Gasteiger partial charge in [0.2, 0.25) is 0 Å². The van der Waals surface area contributed by atoms with Crippen molar-refractivity contribution in [3.63, 3.8) is 0 Å². The van der Waals surface area contributed by atoms with Crippen molar-refractivity contribution >= 4 is 30.0 Å². The highest BCUT2D eigenvalue weighted by atomic mass is 35.5. The Kier molecular flexibility index (Phi) is 5.69. The van der Waals surface area contributed by atoms with E-state index in [-0.39, 0.29) is 10.3 Å². The number of alkyl halides is 3. The Hall–Kier alpha value is -2.13. The fourth-order valence-corrected chi connectivity index (χ4v) is 2.53. The highest BCUT2D eigenvalue weighted by molar-refractivity contribution is 7.71. The Morgan fingerprint density at radius 1 is 1.36 bits per heavy atom. The zero-order chi connectivity index (χ0) is 18.8. The van der Waals surface area contributed by atoms with E-state index in [4.69, 9.17) is 28.7 Å². The minimum absolute atomic E-state index is 0.265. The molecular formula is C15H13ClF3N3O2S. The third-order valence-corrected chi connectivity index (χ3v) is 3.89. The van der Waals surface area contributed by atoms with Crippen LogP contribution in [0.2, 0.25) is 5.02 Å². The van der Waals surface area contributed by atoms with Gasteiger partial charge in [-0.2, -0.15) is 13.2 Å². The van der Waals surface area contributed by atoms with Gasteiger partial charge < -0.3 is 4.84 Å². The summed E-state index contributed by atoms with van der Waals surface area (Å²) in [6.45, 7) is 2.11. The molecule has 0 saturated carbocycles. The molecule has 0 bridgehead atoms. The van der Waals surface area contributed by atoms with Gasteiger partial charge in [0.05, 0.1) is 11.9 Å². The van der Waals surface area contributed by atoms with Crippen molar-refractivity contribution in [1.29, 1.82) is 0 Å². The Bertz CT molecular complexity index is 935. The molecule has 134 valence electrons. The standard InChI is InChI=1S/C15H13ClF3N3O2S/c1-3-24-20-8-9-6-10(4-5-11(9)16)22-13(25)7-12(15(17,18)19)21(2)14(22)23/h4-8H,3H2,1-2H3/b20-8+. The van der Waals surface area contributed by atoms with Crippen LogP contribution in [0.4, 0.5) is 13.2 Å². The summed E-state index contributed by atoms with van der Waals surface area (Å²) in [5, 5.41) is 4.02. The summed E-state index contributed by atoms with van der Waals surface area (Å²) in [7, 11) is 1.03. The lowest BCUT2D eigenvalue weighted by Crippen LogP contribution is -2.33. The first-order valence-electron chi connectivity index (χ1n) is 7.02. The monoisotopic (exact) mass is 391 g/mol. The van der Waals surface area contributed by atoms with Gasteiger partial charge in [-0.15, -0.1) is 0 Å². The summed E-state index contributed by atoms with van der Waals surface area (Å²) in [5.41, 5.74) is -1.35. The molecule has 1 aromatic heterocycles. The smallest absolute Gasteiger partial charge is 0.396 e. The second-order valence-corrected chi connectivity index (χ2v) is 5.73. The summed E-state index contributed by atoms with van der Waals surface area (Å²) < 4.78 is 40.1. The van der Waals surface area contributed by atoms with E-state index < -0.39 is 17.6 Å². The van der Waals surface area contributed by atoms with Crippen molar-refractivity contribution in [2.45, 2.75) is 13.1 Å². The summed E-state index contributed by atoms with van der Waals surface area (Å²) in [4.78, 5) is 17.2. The molecule has 0 aliphatic heterocycles.